The van der Waals surface area contributed by atoms with Gasteiger partial charge in [-0.05, 0) is 49.6 Å². The summed E-state index contributed by atoms with van der Waals surface area (Å²) in [5.74, 6) is -0.106. The van der Waals surface area contributed by atoms with Crippen molar-refractivity contribution >= 4 is 5.97 Å². The Morgan fingerprint density at radius 1 is 1.29 bits per heavy atom. The van der Waals surface area contributed by atoms with Gasteiger partial charge in [0.1, 0.15) is 5.75 Å². The van der Waals surface area contributed by atoms with Crippen LogP contribution >= 0.6 is 0 Å². The smallest absolute Gasteiger partial charge is 0.316 e. The van der Waals surface area contributed by atoms with Crippen molar-refractivity contribution in [3.63, 3.8) is 0 Å². The second-order valence-corrected chi connectivity index (χ2v) is 5.14. The van der Waals surface area contributed by atoms with Gasteiger partial charge in [-0.15, -0.1) is 0 Å². The number of carbonyl (C=O) groups is 1. The molecule has 0 aliphatic heterocycles. The Kier molecular flexibility index (Phi) is 4.58. The maximum Gasteiger partial charge on any atom is 0.316 e. The molecule has 0 aliphatic rings. The van der Waals surface area contributed by atoms with E-state index in [2.05, 4.69) is 4.98 Å². The van der Waals surface area contributed by atoms with Gasteiger partial charge in [0.15, 0.2) is 0 Å². The molecule has 0 aliphatic carbocycles. The number of nitrogens with zero attached hydrogens (tertiary/aromatic N) is 1. The van der Waals surface area contributed by atoms with Crippen LogP contribution in [0, 0.1) is 0 Å². The Morgan fingerprint density at radius 3 is 2.57 bits per heavy atom. The van der Waals surface area contributed by atoms with E-state index in [1.807, 2.05) is 19.1 Å². The molecule has 0 radical (unpaired) electrons. The first-order chi connectivity index (χ1) is 10.1. The molecule has 1 aromatic carbocycles. The predicted molar refractivity (Wildman–Crippen MR) is 80.0 cm³/mol. The first kappa shape index (κ1) is 15.0. The summed E-state index contributed by atoms with van der Waals surface area (Å²) in [4.78, 5) is 16.5. The van der Waals surface area contributed by atoms with Gasteiger partial charge < -0.3 is 9.84 Å². The minimum absolute atomic E-state index is 0.173. The third kappa shape index (κ3) is 3.40. The van der Waals surface area contributed by atoms with Gasteiger partial charge in [-0.1, -0.05) is 18.2 Å². The first-order valence-corrected chi connectivity index (χ1v) is 6.92. The quantitative estimate of drug-likeness (QED) is 0.858. The molecule has 0 bridgehead atoms. The number of phenols is 1. The molecule has 1 aromatic heterocycles. The van der Waals surface area contributed by atoms with Gasteiger partial charge in [-0.2, -0.15) is 0 Å². The average molecular weight is 285 g/mol. The number of ether oxygens (including phenoxy) is 1. The van der Waals surface area contributed by atoms with Gasteiger partial charge in [0.25, 0.3) is 0 Å². The van der Waals surface area contributed by atoms with Crippen LogP contribution in [-0.2, 0) is 21.4 Å². The molecule has 0 saturated heterocycles. The molecule has 4 nitrogen and oxygen atoms in total. The fourth-order valence-electron chi connectivity index (χ4n) is 2.32. The molecule has 0 saturated carbocycles. The summed E-state index contributed by atoms with van der Waals surface area (Å²) in [6.45, 7) is 3.98. The van der Waals surface area contributed by atoms with E-state index in [9.17, 15) is 9.90 Å². The number of hydrogen-bond acceptors (Lipinski definition) is 4. The number of aromatic nitrogens is 1. The van der Waals surface area contributed by atoms with Crippen LogP contribution in [-0.4, -0.2) is 22.7 Å². The second kappa shape index (κ2) is 6.39. The Labute approximate surface area is 124 Å². The van der Waals surface area contributed by atoms with E-state index in [0.29, 0.717) is 13.0 Å². The van der Waals surface area contributed by atoms with Crippen molar-refractivity contribution in [2.24, 2.45) is 0 Å². The molecule has 0 fully saturated rings. The molecule has 2 aromatic rings. The standard InChI is InChI=1S/C17H19NO3/c1-3-21-16(20)17(2,11-13-5-4-10-18-12-13)14-6-8-15(19)9-7-14/h4-10,12,19H,3,11H2,1-2H3. The number of phenolic OH excluding ortho intramolecular Hbond substituents is 1. The molecule has 1 N–H and O–H groups in total. The minimum Gasteiger partial charge on any atom is -0.508 e. The highest BCUT2D eigenvalue weighted by molar-refractivity contribution is 5.83. The molecule has 0 amide bonds. The molecule has 4 heteroatoms. The van der Waals surface area contributed by atoms with Crippen molar-refractivity contribution in [1.29, 1.82) is 0 Å². The Morgan fingerprint density at radius 2 is 2.00 bits per heavy atom. The zero-order chi connectivity index (χ0) is 15.3. The fraction of sp³-hybridized carbons (Fsp3) is 0.294. The molecule has 0 spiro atoms. The van der Waals surface area contributed by atoms with Crippen molar-refractivity contribution in [1.82, 2.24) is 4.98 Å². The van der Waals surface area contributed by atoms with E-state index >= 15 is 0 Å². The monoisotopic (exact) mass is 285 g/mol. The van der Waals surface area contributed by atoms with Crippen LogP contribution in [0.5, 0.6) is 5.75 Å². The lowest BCUT2D eigenvalue weighted by Crippen LogP contribution is -2.36. The van der Waals surface area contributed by atoms with Crippen LogP contribution in [0.4, 0.5) is 0 Å². The van der Waals surface area contributed by atoms with Crippen LogP contribution < -0.4 is 0 Å². The van der Waals surface area contributed by atoms with Crippen molar-refractivity contribution in [3.8, 4) is 5.75 Å². The summed E-state index contributed by atoms with van der Waals surface area (Å²) in [5.41, 5.74) is 0.955. The van der Waals surface area contributed by atoms with E-state index in [1.54, 1.807) is 43.6 Å². The van der Waals surface area contributed by atoms with E-state index in [-0.39, 0.29) is 11.7 Å². The van der Waals surface area contributed by atoms with Gasteiger partial charge in [0.05, 0.1) is 12.0 Å². The zero-order valence-corrected chi connectivity index (χ0v) is 12.2. The number of aromatic hydroxyl groups is 1. The molecule has 1 heterocycles. The Hall–Kier alpha value is -2.36. The summed E-state index contributed by atoms with van der Waals surface area (Å²) in [7, 11) is 0. The first-order valence-electron chi connectivity index (χ1n) is 6.92. The maximum absolute atomic E-state index is 12.4. The third-order valence-corrected chi connectivity index (χ3v) is 3.51. The largest absolute Gasteiger partial charge is 0.508 e. The van der Waals surface area contributed by atoms with E-state index < -0.39 is 5.41 Å². The third-order valence-electron chi connectivity index (χ3n) is 3.51. The lowest BCUT2D eigenvalue weighted by molar-refractivity contribution is -0.149. The van der Waals surface area contributed by atoms with Crippen LogP contribution in [0.2, 0.25) is 0 Å². The van der Waals surface area contributed by atoms with Crippen molar-refractivity contribution in [2.45, 2.75) is 25.7 Å². The second-order valence-electron chi connectivity index (χ2n) is 5.14. The van der Waals surface area contributed by atoms with Crippen LogP contribution in [0.1, 0.15) is 25.0 Å². The number of rotatable bonds is 5. The lowest BCUT2D eigenvalue weighted by Gasteiger charge is -2.28. The van der Waals surface area contributed by atoms with Crippen LogP contribution in [0.15, 0.2) is 48.8 Å². The number of esters is 1. The van der Waals surface area contributed by atoms with Crippen molar-refractivity contribution < 1.29 is 14.6 Å². The maximum atomic E-state index is 12.4. The number of pyridine rings is 1. The van der Waals surface area contributed by atoms with E-state index in [4.69, 9.17) is 4.74 Å². The number of benzene rings is 1. The van der Waals surface area contributed by atoms with Gasteiger partial charge in [-0.25, -0.2) is 0 Å². The molecule has 1 atom stereocenters. The van der Waals surface area contributed by atoms with Gasteiger partial charge >= 0.3 is 5.97 Å². The topological polar surface area (TPSA) is 59.4 Å². The summed E-state index contributed by atoms with van der Waals surface area (Å²) in [5, 5.41) is 9.43. The van der Waals surface area contributed by atoms with Crippen molar-refractivity contribution in [2.75, 3.05) is 6.61 Å². The fourth-order valence-corrected chi connectivity index (χ4v) is 2.32. The molecular formula is C17H19NO3. The normalized spacial score (nSPS) is 13.4. The molecule has 110 valence electrons. The lowest BCUT2D eigenvalue weighted by atomic mass is 9.77. The summed E-state index contributed by atoms with van der Waals surface area (Å²) in [6, 6.07) is 10.4. The molecule has 1 unspecified atom stereocenters. The summed E-state index contributed by atoms with van der Waals surface area (Å²) < 4.78 is 5.24. The van der Waals surface area contributed by atoms with Crippen LogP contribution in [0.25, 0.3) is 0 Å². The van der Waals surface area contributed by atoms with Crippen LogP contribution in [0.3, 0.4) is 0 Å². The minimum atomic E-state index is -0.813. The average Bonchev–Trinajstić information content (AvgIpc) is 2.49. The van der Waals surface area contributed by atoms with Gasteiger partial charge in [0.2, 0.25) is 0 Å². The summed E-state index contributed by atoms with van der Waals surface area (Å²) in [6.07, 6.45) is 3.94. The van der Waals surface area contributed by atoms with E-state index in [1.165, 1.54) is 0 Å². The highest BCUT2D eigenvalue weighted by atomic mass is 16.5. The highest BCUT2D eigenvalue weighted by Crippen LogP contribution is 2.30. The van der Waals surface area contributed by atoms with E-state index in [0.717, 1.165) is 11.1 Å². The number of carbonyl (C=O) groups excluding carboxylic acids is 1. The van der Waals surface area contributed by atoms with Gasteiger partial charge in [0, 0.05) is 12.4 Å². The highest BCUT2D eigenvalue weighted by Gasteiger charge is 2.37. The Bertz CT molecular complexity index is 595. The number of hydrogen-bond donors (Lipinski definition) is 1. The zero-order valence-electron chi connectivity index (χ0n) is 12.2. The van der Waals surface area contributed by atoms with Gasteiger partial charge in [-0.3, -0.25) is 9.78 Å². The summed E-state index contributed by atoms with van der Waals surface area (Å²) >= 11 is 0. The van der Waals surface area contributed by atoms with Crippen molar-refractivity contribution in [3.05, 3.63) is 59.9 Å². The Balaban J connectivity index is 2.38. The molecular weight excluding hydrogens is 266 g/mol. The molecule has 2 rings (SSSR count). The predicted octanol–water partition coefficient (Wildman–Crippen LogP) is 2.85. The molecule has 21 heavy (non-hydrogen) atoms. The SMILES string of the molecule is CCOC(=O)C(C)(Cc1cccnc1)c1ccc(O)cc1.